The Morgan fingerprint density at radius 1 is 1.27 bits per heavy atom. The van der Waals surface area contributed by atoms with Crippen LogP contribution in [-0.4, -0.2) is 6.03 Å². The number of primary amides is 1. The number of rotatable bonds is 4. The summed E-state index contributed by atoms with van der Waals surface area (Å²) < 4.78 is 0. The quantitative estimate of drug-likeness (QED) is 0.778. The molecular weight excluding hydrogens is 188 g/mol. The molecular formula is C12H18N2O. The molecule has 3 nitrogen and oxygen atoms in total. The Hall–Kier alpha value is -1.51. The van der Waals surface area contributed by atoms with E-state index >= 15 is 0 Å². The van der Waals surface area contributed by atoms with Crippen LogP contribution in [-0.2, 0) is 13.0 Å². The number of hydrogen-bond acceptors (Lipinski definition) is 1. The van der Waals surface area contributed by atoms with Crippen LogP contribution in [0.3, 0.4) is 0 Å². The molecule has 0 aliphatic carbocycles. The summed E-state index contributed by atoms with van der Waals surface area (Å²) in [5.41, 5.74) is 7.38. The second-order valence-corrected chi connectivity index (χ2v) is 4.13. The first-order valence-electron chi connectivity index (χ1n) is 5.19. The smallest absolute Gasteiger partial charge is 0.312 e. The molecule has 0 saturated carbocycles. The number of nitrogens with one attached hydrogen (secondary N) is 1. The van der Waals surface area contributed by atoms with Crippen molar-refractivity contribution in [1.82, 2.24) is 5.32 Å². The van der Waals surface area contributed by atoms with Gasteiger partial charge >= 0.3 is 6.03 Å². The van der Waals surface area contributed by atoms with E-state index < -0.39 is 6.03 Å². The minimum Gasteiger partial charge on any atom is -0.352 e. The molecule has 0 aliphatic rings. The lowest BCUT2D eigenvalue weighted by atomic mass is 10.0. The average molecular weight is 206 g/mol. The van der Waals surface area contributed by atoms with Crippen LogP contribution in [0.1, 0.15) is 25.0 Å². The van der Waals surface area contributed by atoms with Crippen LogP contribution in [0.4, 0.5) is 4.79 Å². The van der Waals surface area contributed by atoms with Gasteiger partial charge in [0.1, 0.15) is 0 Å². The lowest BCUT2D eigenvalue weighted by Crippen LogP contribution is -2.28. The Morgan fingerprint density at radius 3 is 2.27 bits per heavy atom. The highest BCUT2D eigenvalue weighted by molar-refractivity contribution is 5.71. The van der Waals surface area contributed by atoms with Gasteiger partial charge in [0.2, 0.25) is 0 Å². The number of carbonyl (C=O) groups is 1. The molecule has 1 aromatic rings. The zero-order valence-electron chi connectivity index (χ0n) is 9.29. The molecule has 0 spiro atoms. The summed E-state index contributed by atoms with van der Waals surface area (Å²) in [6, 6.07) is 7.75. The van der Waals surface area contributed by atoms with E-state index in [1.54, 1.807) is 0 Å². The van der Waals surface area contributed by atoms with Gasteiger partial charge < -0.3 is 11.1 Å². The second kappa shape index (κ2) is 5.39. The minimum atomic E-state index is -0.485. The van der Waals surface area contributed by atoms with E-state index in [-0.39, 0.29) is 0 Å². The standard InChI is InChI=1S/C12H18N2O/c1-9(2)7-10-3-5-11(6-4-10)8-14-12(13)15/h3-6,9H,7-8H2,1-2H3,(H3,13,14,15). The maximum absolute atomic E-state index is 10.5. The molecule has 0 fully saturated rings. The largest absolute Gasteiger partial charge is 0.352 e. The Kier molecular flexibility index (Phi) is 4.16. The van der Waals surface area contributed by atoms with E-state index in [1.807, 2.05) is 12.1 Å². The molecule has 0 radical (unpaired) electrons. The van der Waals surface area contributed by atoms with Crippen molar-refractivity contribution in [1.29, 1.82) is 0 Å². The van der Waals surface area contributed by atoms with Crippen molar-refractivity contribution in [2.24, 2.45) is 11.7 Å². The summed E-state index contributed by atoms with van der Waals surface area (Å²) in [5.74, 6) is 0.666. The predicted molar refractivity (Wildman–Crippen MR) is 61.4 cm³/mol. The molecule has 0 bridgehead atoms. The second-order valence-electron chi connectivity index (χ2n) is 4.13. The van der Waals surface area contributed by atoms with E-state index in [4.69, 9.17) is 5.73 Å². The van der Waals surface area contributed by atoms with Gasteiger partial charge in [0.05, 0.1) is 0 Å². The molecule has 0 aliphatic heterocycles. The fourth-order valence-electron chi connectivity index (χ4n) is 1.45. The van der Waals surface area contributed by atoms with Crippen LogP contribution < -0.4 is 11.1 Å². The SMILES string of the molecule is CC(C)Cc1ccc(CNC(N)=O)cc1. The fraction of sp³-hybridized carbons (Fsp3) is 0.417. The first-order valence-corrected chi connectivity index (χ1v) is 5.19. The molecule has 0 aromatic heterocycles. The first-order chi connectivity index (χ1) is 7.08. The summed E-state index contributed by atoms with van der Waals surface area (Å²) >= 11 is 0. The number of carbonyl (C=O) groups excluding carboxylic acids is 1. The summed E-state index contributed by atoms with van der Waals surface area (Å²) in [7, 11) is 0. The maximum atomic E-state index is 10.5. The zero-order valence-corrected chi connectivity index (χ0v) is 9.29. The van der Waals surface area contributed by atoms with Gasteiger partial charge in [0, 0.05) is 6.54 Å². The van der Waals surface area contributed by atoms with Crippen molar-refractivity contribution in [3.63, 3.8) is 0 Å². The zero-order chi connectivity index (χ0) is 11.3. The van der Waals surface area contributed by atoms with Crippen molar-refractivity contribution < 1.29 is 4.79 Å². The highest BCUT2D eigenvalue weighted by Crippen LogP contribution is 2.09. The molecule has 0 atom stereocenters. The topological polar surface area (TPSA) is 55.1 Å². The van der Waals surface area contributed by atoms with E-state index in [0.29, 0.717) is 12.5 Å². The van der Waals surface area contributed by atoms with Gasteiger partial charge in [-0.15, -0.1) is 0 Å². The molecule has 1 rings (SSSR count). The number of amides is 2. The van der Waals surface area contributed by atoms with Crippen molar-refractivity contribution in [3.8, 4) is 0 Å². The van der Waals surface area contributed by atoms with Crippen LogP contribution in [0, 0.1) is 5.92 Å². The maximum Gasteiger partial charge on any atom is 0.312 e. The minimum absolute atomic E-state index is 0.485. The van der Waals surface area contributed by atoms with Crippen LogP contribution in [0.15, 0.2) is 24.3 Å². The third-order valence-corrected chi connectivity index (χ3v) is 2.13. The van der Waals surface area contributed by atoms with Crippen molar-refractivity contribution in [2.75, 3.05) is 0 Å². The van der Waals surface area contributed by atoms with E-state index in [0.717, 1.165) is 12.0 Å². The first kappa shape index (κ1) is 11.6. The third-order valence-electron chi connectivity index (χ3n) is 2.13. The normalized spacial score (nSPS) is 10.3. The van der Waals surface area contributed by atoms with E-state index in [1.165, 1.54) is 5.56 Å². The molecule has 0 heterocycles. The molecule has 0 unspecified atom stereocenters. The molecule has 3 heteroatoms. The summed E-state index contributed by atoms with van der Waals surface area (Å²) in [5, 5.41) is 2.56. The summed E-state index contributed by atoms with van der Waals surface area (Å²) in [4.78, 5) is 10.5. The van der Waals surface area contributed by atoms with Crippen molar-refractivity contribution >= 4 is 6.03 Å². The van der Waals surface area contributed by atoms with Crippen molar-refractivity contribution in [2.45, 2.75) is 26.8 Å². The van der Waals surface area contributed by atoms with Gasteiger partial charge in [0.25, 0.3) is 0 Å². The van der Waals surface area contributed by atoms with Gasteiger partial charge in [-0.25, -0.2) is 4.79 Å². The number of hydrogen-bond donors (Lipinski definition) is 2. The Balaban J connectivity index is 2.52. The molecule has 3 N–H and O–H groups in total. The fourth-order valence-corrected chi connectivity index (χ4v) is 1.45. The monoisotopic (exact) mass is 206 g/mol. The van der Waals surface area contributed by atoms with Crippen molar-refractivity contribution in [3.05, 3.63) is 35.4 Å². The summed E-state index contributed by atoms with van der Waals surface area (Å²) in [6.07, 6.45) is 1.09. The third kappa shape index (κ3) is 4.49. The van der Waals surface area contributed by atoms with Crippen LogP contribution in [0.2, 0.25) is 0 Å². The van der Waals surface area contributed by atoms with Crippen LogP contribution in [0.25, 0.3) is 0 Å². The predicted octanol–water partition coefficient (Wildman–Crippen LogP) is 2.05. The Morgan fingerprint density at radius 2 is 1.80 bits per heavy atom. The lowest BCUT2D eigenvalue weighted by Gasteiger charge is -2.06. The number of benzene rings is 1. The van der Waals surface area contributed by atoms with Gasteiger partial charge in [-0.2, -0.15) is 0 Å². The van der Waals surface area contributed by atoms with E-state index in [2.05, 4.69) is 31.3 Å². The highest BCUT2D eigenvalue weighted by Gasteiger charge is 1.98. The van der Waals surface area contributed by atoms with Gasteiger partial charge in [-0.3, -0.25) is 0 Å². The van der Waals surface area contributed by atoms with E-state index in [9.17, 15) is 4.79 Å². The molecule has 0 saturated heterocycles. The molecule has 1 aromatic carbocycles. The molecule has 15 heavy (non-hydrogen) atoms. The molecule has 82 valence electrons. The van der Waals surface area contributed by atoms with Gasteiger partial charge in [-0.05, 0) is 23.5 Å². The highest BCUT2D eigenvalue weighted by atomic mass is 16.2. The van der Waals surface area contributed by atoms with Crippen LogP contribution in [0.5, 0.6) is 0 Å². The van der Waals surface area contributed by atoms with Crippen LogP contribution >= 0.6 is 0 Å². The number of nitrogens with two attached hydrogens (primary N) is 1. The Labute approximate surface area is 90.7 Å². The lowest BCUT2D eigenvalue weighted by molar-refractivity contribution is 0.248. The Bertz CT molecular complexity index is 317. The number of urea groups is 1. The van der Waals surface area contributed by atoms with Gasteiger partial charge in [-0.1, -0.05) is 38.1 Å². The molecule has 2 amide bonds. The summed E-state index contributed by atoms with van der Waals surface area (Å²) in [6.45, 7) is 4.89. The average Bonchev–Trinajstić information content (AvgIpc) is 2.16. The van der Waals surface area contributed by atoms with Gasteiger partial charge in [0.15, 0.2) is 0 Å².